The lowest BCUT2D eigenvalue weighted by Gasteiger charge is -2.44. The Morgan fingerprint density at radius 1 is 0.833 bits per heavy atom. The SMILES string of the molecule is CN1CCN(C(C(N)=O)N2CCN(C)CC2)CC1. The Labute approximate surface area is 109 Å². The highest BCUT2D eigenvalue weighted by Gasteiger charge is 2.33. The molecule has 0 radical (unpaired) electrons. The highest BCUT2D eigenvalue weighted by atomic mass is 16.2. The molecular formula is C12H25N5O. The van der Waals surface area contributed by atoms with E-state index in [0.717, 1.165) is 52.4 Å². The molecule has 18 heavy (non-hydrogen) atoms. The van der Waals surface area contributed by atoms with Crippen LogP contribution in [-0.4, -0.2) is 98.1 Å². The molecule has 0 bridgehead atoms. The van der Waals surface area contributed by atoms with Gasteiger partial charge in [0.1, 0.15) is 6.17 Å². The molecule has 0 saturated carbocycles. The molecule has 1 amide bonds. The van der Waals surface area contributed by atoms with E-state index in [1.807, 2.05) is 0 Å². The van der Waals surface area contributed by atoms with Gasteiger partial charge in [0, 0.05) is 52.4 Å². The number of carbonyl (C=O) groups is 1. The molecule has 2 rings (SSSR count). The van der Waals surface area contributed by atoms with Gasteiger partial charge in [0.2, 0.25) is 5.91 Å². The summed E-state index contributed by atoms with van der Waals surface area (Å²) in [6, 6.07) is 0. The third kappa shape index (κ3) is 3.20. The molecule has 2 fully saturated rings. The number of piperazine rings is 2. The standard InChI is InChI=1S/C12H25N5O/c1-14-3-7-16(8-4-14)12(11(13)18)17-9-5-15(2)6-10-17/h12H,3-10H2,1-2H3,(H2,13,18). The van der Waals surface area contributed by atoms with E-state index in [2.05, 4.69) is 33.7 Å². The first kappa shape index (κ1) is 13.7. The minimum Gasteiger partial charge on any atom is -0.367 e. The third-order valence-electron chi connectivity index (χ3n) is 4.02. The smallest absolute Gasteiger partial charge is 0.249 e. The van der Waals surface area contributed by atoms with Gasteiger partial charge in [-0.1, -0.05) is 0 Å². The predicted octanol–water partition coefficient (Wildman–Crippen LogP) is -1.71. The van der Waals surface area contributed by atoms with Gasteiger partial charge in [0.25, 0.3) is 0 Å². The molecule has 0 atom stereocenters. The second-order valence-corrected chi connectivity index (χ2v) is 5.45. The van der Waals surface area contributed by atoms with Crippen molar-refractivity contribution in [1.29, 1.82) is 0 Å². The number of primary amides is 1. The van der Waals surface area contributed by atoms with E-state index in [1.54, 1.807) is 0 Å². The Bertz CT molecular complexity index is 260. The second kappa shape index (κ2) is 5.97. The molecule has 0 aromatic rings. The lowest BCUT2D eigenvalue weighted by molar-refractivity contribution is -0.133. The zero-order chi connectivity index (χ0) is 13.1. The van der Waals surface area contributed by atoms with Gasteiger partial charge in [-0.15, -0.1) is 0 Å². The number of nitrogens with two attached hydrogens (primary N) is 1. The summed E-state index contributed by atoms with van der Waals surface area (Å²) in [4.78, 5) is 20.8. The molecule has 6 heteroatoms. The number of rotatable bonds is 3. The number of hydrogen-bond acceptors (Lipinski definition) is 5. The van der Waals surface area contributed by atoms with E-state index in [-0.39, 0.29) is 12.1 Å². The van der Waals surface area contributed by atoms with Gasteiger partial charge in [-0.05, 0) is 14.1 Å². The molecule has 0 aromatic carbocycles. The summed E-state index contributed by atoms with van der Waals surface area (Å²) in [5.41, 5.74) is 5.62. The van der Waals surface area contributed by atoms with Crippen molar-refractivity contribution in [2.45, 2.75) is 6.17 Å². The quantitative estimate of drug-likeness (QED) is 0.651. The number of hydrogen-bond donors (Lipinski definition) is 1. The minimum atomic E-state index is -0.215. The topological polar surface area (TPSA) is 56.1 Å². The van der Waals surface area contributed by atoms with Crippen molar-refractivity contribution in [2.24, 2.45) is 5.73 Å². The molecule has 0 unspecified atom stereocenters. The van der Waals surface area contributed by atoms with Crippen LogP contribution in [0.25, 0.3) is 0 Å². The molecule has 2 aliphatic rings. The fraction of sp³-hybridized carbons (Fsp3) is 0.917. The van der Waals surface area contributed by atoms with Crippen LogP contribution in [0, 0.1) is 0 Å². The maximum absolute atomic E-state index is 11.8. The molecule has 0 aromatic heterocycles. The fourth-order valence-electron chi connectivity index (χ4n) is 2.72. The fourth-order valence-corrected chi connectivity index (χ4v) is 2.72. The molecule has 2 heterocycles. The van der Waals surface area contributed by atoms with Crippen LogP contribution in [0.1, 0.15) is 0 Å². The normalized spacial score (nSPS) is 25.7. The van der Waals surface area contributed by atoms with Gasteiger partial charge in [-0.2, -0.15) is 0 Å². The molecule has 2 saturated heterocycles. The van der Waals surface area contributed by atoms with Crippen molar-refractivity contribution in [2.75, 3.05) is 66.5 Å². The third-order valence-corrected chi connectivity index (χ3v) is 4.02. The summed E-state index contributed by atoms with van der Waals surface area (Å²) >= 11 is 0. The number of amides is 1. The van der Waals surface area contributed by atoms with Gasteiger partial charge in [-0.25, -0.2) is 0 Å². The molecule has 6 nitrogen and oxygen atoms in total. The van der Waals surface area contributed by atoms with Gasteiger partial charge in [0.15, 0.2) is 0 Å². The lowest BCUT2D eigenvalue weighted by Crippen LogP contribution is -2.63. The van der Waals surface area contributed by atoms with Crippen LogP contribution >= 0.6 is 0 Å². The van der Waals surface area contributed by atoms with Crippen molar-refractivity contribution < 1.29 is 4.79 Å². The minimum absolute atomic E-state index is 0.205. The second-order valence-electron chi connectivity index (χ2n) is 5.45. The van der Waals surface area contributed by atoms with Crippen LogP contribution < -0.4 is 5.73 Å². The van der Waals surface area contributed by atoms with E-state index in [0.29, 0.717) is 0 Å². The monoisotopic (exact) mass is 255 g/mol. The molecule has 2 N–H and O–H groups in total. The molecular weight excluding hydrogens is 230 g/mol. The van der Waals surface area contributed by atoms with Gasteiger partial charge in [0.05, 0.1) is 0 Å². The Morgan fingerprint density at radius 3 is 1.44 bits per heavy atom. The molecule has 0 spiro atoms. The summed E-state index contributed by atoms with van der Waals surface area (Å²) in [6.45, 7) is 7.75. The van der Waals surface area contributed by atoms with Crippen molar-refractivity contribution in [1.82, 2.24) is 19.6 Å². The first-order valence-electron chi connectivity index (χ1n) is 6.72. The zero-order valence-electron chi connectivity index (χ0n) is 11.5. The Balaban J connectivity index is 1.97. The van der Waals surface area contributed by atoms with Crippen molar-refractivity contribution in [3.63, 3.8) is 0 Å². The summed E-state index contributed by atoms with van der Waals surface area (Å²) < 4.78 is 0. The number of likely N-dealkylation sites (N-methyl/N-ethyl adjacent to an activating group) is 2. The Morgan fingerprint density at radius 2 is 1.17 bits per heavy atom. The van der Waals surface area contributed by atoms with Crippen LogP contribution in [0.3, 0.4) is 0 Å². The summed E-state index contributed by atoms with van der Waals surface area (Å²) in [6.07, 6.45) is -0.215. The van der Waals surface area contributed by atoms with Crippen LogP contribution in [0.2, 0.25) is 0 Å². The van der Waals surface area contributed by atoms with Crippen LogP contribution in [0.15, 0.2) is 0 Å². The van der Waals surface area contributed by atoms with E-state index in [4.69, 9.17) is 5.73 Å². The van der Waals surface area contributed by atoms with Crippen LogP contribution in [0.5, 0.6) is 0 Å². The highest BCUT2D eigenvalue weighted by molar-refractivity contribution is 5.79. The van der Waals surface area contributed by atoms with Crippen molar-refractivity contribution in [3.05, 3.63) is 0 Å². The van der Waals surface area contributed by atoms with Crippen LogP contribution in [-0.2, 0) is 4.79 Å². The van der Waals surface area contributed by atoms with Crippen molar-refractivity contribution in [3.8, 4) is 0 Å². The van der Waals surface area contributed by atoms with Gasteiger partial charge in [-0.3, -0.25) is 14.6 Å². The van der Waals surface area contributed by atoms with Gasteiger partial charge < -0.3 is 15.5 Å². The summed E-state index contributed by atoms with van der Waals surface area (Å²) in [5, 5.41) is 0. The molecule has 0 aliphatic carbocycles. The molecule has 2 aliphatic heterocycles. The zero-order valence-corrected chi connectivity index (χ0v) is 11.5. The van der Waals surface area contributed by atoms with Gasteiger partial charge >= 0.3 is 0 Å². The van der Waals surface area contributed by atoms with E-state index < -0.39 is 0 Å². The predicted molar refractivity (Wildman–Crippen MR) is 71.1 cm³/mol. The Hall–Kier alpha value is -0.690. The van der Waals surface area contributed by atoms with Crippen molar-refractivity contribution >= 4 is 5.91 Å². The molecule has 104 valence electrons. The highest BCUT2D eigenvalue weighted by Crippen LogP contribution is 2.12. The largest absolute Gasteiger partial charge is 0.367 e. The maximum atomic E-state index is 11.8. The average Bonchev–Trinajstić information content (AvgIpc) is 2.34. The average molecular weight is 255 g/mol. The summed E-state index contributed by atoms with van der Waals surface area (Å²) in [5.74, 6) is -0.205. The number of carbonyl (C=O) groups excluding carboxylic acids is 1. The maximum Gasteiger partial charge on any atom is 0.249 e. The summed E-state index contributed by atoms with van der Waals surface area (Å²) in [7, 11) is 4.24. The van der Waals surface area contributed by atoms with E-state index >= 15 is 0 Å². The van der Waals surface area contributed by atoms with Crippen LogP contribution in [0.4, 0.5) is 0 Å². The Kier molecular flexibility index (Phi) is 4.55. The first-order valence-corrected chi connectivity index (χ1v) is 6.72. The first-order chi connectivity index (χ1) is 8.58. The van der Waals surface area contributed by atoms with E-state index in [1.165, 1.54) is 0 Å². The number of nitrogens with zero attached hydrogens (tertiary/aromatic N) is 4. The lowest BCUT2D eigenvalue weighted by atomic mass is 10.2. The van der Waals surface area contributed by atoms with E-state index in [9.17, 15) is 4.79 Å².